The van der Waals surface area contributed by atoms with Crippen LogP contribution in [0.1, 0.15) is 51.1 Å². The first-order valence-electron chi connectivity index (χ1n) is 7.18. The van der Waals surface area contributed by atoms with E-state index in [1.165, 1.54) is 32.1 Å². The Balaban J connectivity index is 2.13. The second kappa shape index (κ2) is 6.42. The quantitative estimate of drug-likeness (QED) is 0.825. The summed E-state index contributed by atoms with van der Waals surface area (Å²) in [4.78, 5) is 8.30. The smallest absolute Gasteiger partial charge is 0.224 e. The van der Waals surface area contributed by atoms with Gasteiger partial charge in [-0.1, -0.05) is 26.2 Å². The topological polar surface area (TPSA) is 63.8 Å². The summed E-state index contributed by atoms with van der Waals surface area (Å²) >= 11 is 5.92. The maximum atomic E-state index is 6.04. The lowest BCUT2D eigenvalue weighted by Crippen LogP contribution is -2.31. The van der Waals surface area contributed by atoms with E-state index in [1.54, 1.807) is 0 Å². The van der Waals surface area contributed by atoms with Gasteiger partial charge in [0.25, 0.3) is 0 Å². The Kier molecular flexibility index (Phi) is 4.86. The summed E-state index contributed by atoms with van der Waals surface area (Å²) in [5, 5.41) is 3.74. The Morgan fingerprint density at radius 1 is 1.32 bits per heavy atom. The van der Waals surface area contributed by atoms with Crippen molar-refractivity contribution in [3.05, 3.63) is 11.0 Å². The lowest BCUT2D eigenvalue weighted by atomic mass is 9.83. The van der Waals surface area contributed by atoms with Crippen molar-refractivity contribution in [2.24, 2.45) is 5.92 Å². The lowest BCUT2D eigenvalue weighted by molar-refractivity contribution is 0.312. The molecule has 1 aliphatic carbocycles. The van der Waals surface area contributed by atoms with Gasteiger partial charge in [0.05, 0.1) is 11.4 Å². The SMILES string of the molecule is CCC(Nc1nc(Cl)nc(C)c1N)C1CCCCC1. The van der Waals surface area contributed by atoms with E-state index in [2.05, 4.69) is 22.2 Å². The van der Waals surface area contributed by atoms with E-state index in [1.807, 2.05) is 6.92 Å². The second-order valence-electron chi connectivity index (χ2n) is 5.40. The van der Waals surface area contributed by atoms with Crippen LogP contribution in [0.2, 0.25) is 5.28 Å². The summed E-state index contributed by atoms with van der Waals surface area (Å²) in [6.07, 6.45) is 7.70. The van der Waals surface area contributed by atoms with Crippen molar-refractivity contribution in [1.82, 2.24) is 9.97 Å². The van der Waals surface area contributed by atoms with Gasteiger partial charge in [0.2, 0.25) is 5.28 Å². The summed E-state index contributed by atoms with van der Waals surface area (Å²) in [5.41, 5.74) is 7.38. The number of nitrogens with one attached hydrogen (secondary N) is 1. The molecule has 19 heavy (non-hydrogen) atoms. The third-order valence-electron chi connectivity index (χ3n) is 4.09. The van der Waals surface area contributed by atoms with E-state index in [0.717, 1.165) is 12.1 Å². The monoisotopic (exact) mass is 282 g/mol. The molecule has 1 atom stereocenters. The van der Waals surface area contributed by atoms with E-state index >= 15 is 0 Å². The zero-order valence-corrected chi connectivity index (χ0v) is 12.5. The van der Waals surface area contributed by atoms with Crippen LogP contribution in [0.4, 0.5) is 11.5 Å². The van der Waals surface area contributed by atoms with E-state index in [0.29, 0.717) is 23.5 Å². The predicted octanol–water partition coefficient (Wildman–Crippen LogP) is 3.79. The van der Waals surface area contributed by atoms with Crippen molar-refractivity contribution < 1.29 is 0 Å². The van der Waals surface area contributed by atoms with E-state index in [4.69, 9.17) is 17.3 Å². The standard InChI is InChI=1S/C14H23ClN4/c1-3-11(10-7-5-4-6-8-10)18-13-12(16)9(2)17-14(15)19-13/h10-11H,3-8,16H2,1-2H3,(H,17,18,19). The van der Waals surface area contributed by atoms with E-state index < -0.39 is 0 Å². The van der Waals surface area contributed by atoms with Crippen LogP contribution in [-0.2, 0) is 0 Å². The van der Waals surface area contributed by atoms with Crippen LogP contribution in [0.3, 0.4) is 0 Å². The number of aryl methyl sites for hydroxylation is 1. The maximum Gasteiger partial charge on any atom is 0.224 e. The highest BCUT2D eigenvalue weighted by Gasteiger charge is 2.23. The molecule has 1 heterocycles. The molecule has 1 saturated carbocycles. The number of halogens is 1. The Morgan fingerprint density at radius 3 is 2.63 bits per heavy atom. The van der Waals surface area contributed by atoms with Gasteiger partial charge in [-0.3, -0.25) is 0 Å². The lowest BCUT2D eigenvalue weighted by Gasteiger charge is -2.31. The fraction of sp³-hybridized carbons (Fsp3) is 0.714. The van der Waals surface area contributed by atoms with E-state index in [-0.39, 0.29) is 5.28 Å². The molecule has 0 bridgehead atoms. The summed E-state index contributed by atoms with van der Waals surface area (Å²) in [6, 6.07) is 0.424. The van der Waals surface area contributed by atoms with Gasteiger partial charge in [-0.25, -0.2) is 4.98 Å². The van der Waals surface area contributed by atoms with Crippen LogP contribution in [0.15, 0.2) is 0 Å². The van der Waals surface area contributed by atoms with Crippen LogP contribution >= 0.6 is 11.6 Å². The van der Waals surface area contributed by atoms with Crippen LogP contribution in [0.25, 0.3) is 0 Å². The first-order valence-corrected chi connectivity index (χ1v) is 7.55. The molecule has 106 valence electrons. The Hall–Kier alpha value is -1.03. The van der Waals surface area contributed by atoms with Crippen molar-refractivity contribution in [2.75, 3.05) is 11.1 Å². The molecule has 0 radical (unpaired) electrons. The highest BCUT2D eigenvalue weighted by Crippen LogP contribution is 2.31. The van der Waals surface area contributed by atoms with Gasteiger partial charge in [0.15, 0.2) is 5.82 Å². The van der Waals surface area contributed by atoms with Gasteiger partial charge in [-0.15, -0.1) is 0 Å². The fourth-order valence-electron chi connectivity index (χ4n) is 2.92. The molecule has 1 fully saturated rings. The van der Waals surface area contributed by atoms with Gasteiger partial charge >= 0.3 is 0 Å². The summed E-state index contributed by atoms with van der Waals surface area (Å²) in [6.45, 7) is 4.06. The molecule has 3 N–H and O–H groups in total. The largest absolute Gasteiger partial charge is 0.394 e. The second-order valence-corrected chi connectivity index (χ2v) is 5.74. The van der Waals surface area contributed by atoms with Crippen LogP contribution in [0, 0.1) is 12.8 Å². The average molecular weight is 283 g/mol. The van der Waals surface area contributed by atoms with Crippen molar-refractivity contribution in [3.8, 4) is 0 Å². The molecule has 0 saturated heterocycles. The Bertz CT molecular complexity index is 430. The molecule has 0 aromatic carbocycles. The molecule has 1 aromatic heterocycles. The zero-order valence-electron chi connectivity index (χ0n) is 11.7. The summed E-state index contributed by atoms with van der Waals surface area (Å²) < 4.78 is 0. The normalized spacial score (nSPS) is 18.3. The number of hydrogen-bond donors (Lipinski definition) is 2. The molecule has 1 aliphatic rings. The maximum absolute atomic E-state index is 6.04. The molecule has 1 aromatic rings. The third-order valence-corrected chi connectivity index (χ3v) is 4.26. The number of rotatable bonds is 4. The van der Waals surface area contributed by atoms with Crippen LogP contribution < -0.4 is 11.1 Å². The van der Waals surface area contributed by atoms with Crippen molar-refractivity contribution in [1.29, 1.82) is 0 Å². The minimum Gasteiger partial charge on any atom is -0.394 e. The molecule has 0 spiro atoms. The summed E-state index contributed by atoms with van der Waals surface area (Å²) in [7, 11) is 0. The number of aromatic nitrogens is 2. The zero-order chi connectivity index (χ0) is 13.8. The van der Waals surface area contributed by atoms with Crippen molar-refractivity contribution in [2.45, 2.75) is 58.4 Å². The van der Waals surface area contributed by atoms with Gasteiger partial charge in [0, 0.05) is 6.04 Å². The van der Waals surface area contributed by atoms with Gasteiger partial charge < -0.3 is 11.1 Å². The Labute approximate surface area is 120 Å². The average Bonchev–Trinajstić information content (AvgIpc) is 2.42. The van der Waals surface area contributed by atoms with Gasteiger partial charge in [-0.2, -0.15) is 4.98 Å². The van der Waals surface area contributed by atoms with Gasteiger partial charge in [-0.05, 0) is 43.7 Å². The highest BCUT2D eigenvalue weighted by atomic mass is 35.5. The third kappa shape index (κ3) is 3.50. The van der Waals surface area contributed by atoms with Crippen LogP contribution in [0.5, 0.6) is 0 Å². The number of nitrogen functional groups attached to an aromatic ring is 1. The van der Waals surface area contributed by atoms with Crippen LogP contribution in [-0.4, -0.2) is 16.0 Å². The number of nitrogens with zero attached hydrogens (tertiary/aromatic N) is 2. The molecular weight excluding hydrogens is 260 g/mol. The molecule has 2 rings (SSSR count). The molecule has 0 amide bonds. The first kappa shape index (κ1) is 14.4. The first-order chi connectivity index (χ1) is 9.11. The number of hydrogen-bond acceptors (Lipinski definition) is 4. The molecule has 4 nitrogen and oxygen atoms in total. The van der Waals surface area contributed by atoms with Crippen molar-refractivity contribution >= 4 is 23.1 Å². The van der Waals surface area contributed by atoms with Crippen molar-refractivity contribution in [3.63, 3.8) is 0 Å². The fourth-order valence-corrected chi connectivity index (χ4v) is 3.13. The predicted molar refractivity (Wildman–Crippen MR) is 80.5 cm³/mol. The number of anilines is 2. The minimum atomic E-state index is 0.257. The number of nitrogens with two attached hydrogens (primary N) is 1. The van der Waals surface area contributed by atoms with Gasteiger partial charge in [0.1, 0.15) is 0 Å². The summed E-state index contributed by atoms with van der Waals surface area (Å²) in [5.74, 6) is 1.40. The molecule has 5 heteroatoms. The minimum absolute atomic E-state index is 0.257. The molecular formula is C14H23ClN4. The molecule has 1 unspecified atom stereocenters. The Morgan fingerprint density at radius 2 is 2.00 bits per heavy atom. The molecule has 0 aliphatic heterocycles. The highest BCUT2D eigenvalue weighted by molar-refractivity contribution is 6.28. The van der Waals surface area contributed by atoms with E-state index in [9.17, 15) is 0 Å².